The van der Waals surface area contributed by atoms with Crippen molar-refractivity contribution in [3.8, 4) is 17.1 Å². The molecular weight excluding hydrogens is 196 g/mol. The van der Waals surface area contributed by atoms with E-state index >= 15 is 0 Å². The highest BCUT2D eigenvalue weighted by Gasteiger charge is 2.04. The number of tetrazole rings is 1. The summed E-state index contributed by atoms with van der Waals surface area (Å²) in [5.74, 6) is 0.564. The average Bonchev–Trinajstić information content (AvgIpc) is 2.69. The number of benzene rings is 1. The molecular formula is C9H8N4O2. The van der Waals surface area contributed by atoms with Crippen LogP contribution >= 0.6 is 0 Å². The molecule has 15 heavy (non-hydrogen) atoms. The lowest BCUT2D eigenvalue weighted by Gasteiger charge is -2.01. The Labute approximate surface area is 85.3 Å². The van der Waals surface area contributed by atoms with Crippen LogP contribution in [0.25, 0.3) is 11.4 Å². The summed E-state index contributed by atoms with van der Waals surface area (Å²) in [6.07, 6.45) is 0. The number of hydrogen-bond donors (Lipinski definition) is 1. The van der Waals surface area contributed by atoms with E-state index < -0.39 is 0 Å². The van der Waals surface area contributed by atoms with Gasteiger partial charge in [0.05, 0.1) is 0 Å². The molecule has 0 atom stereocenters. The molecule has 0 saturated carbocycles. The monoisotopic (exact) mass is 204 g/mol. The van der Waals surface area contributed by atoms with E-state index in [1.54, 1.807) is 24.3 Å². The topological polar surface area (TPSA) is 80.8 Å². The van der Waals surface area contributed by atoms with Crippen molar-refractivity contribution >= 4 is 5.97 Å². The summed E-state index contributed by atoms with van der Waals surface area (Å²) >= 11 is 0. The zero-order valence-corrected chi connectivity index (χ0v) is 7.97. The maximum absolute atomic E-state index is 10.7. The number of aromatic nitrogens is 4. The number of nitrogens with zero attached hydrogens (tertiary/aromatic N) is 3. The minimum Gasteiger partial charge on any atom is -0.427 e. The molecule has 0 fully saturated rings. The van der Waals surface area contributed by atoms with Gasteiger partial charge >= 0.3 is 5.97 Å². The van der Waals surface area contributed by atoms with E-state index in [1.165, 1.54) is 6.92 Å². The molecule has 0 amide bonds. The van der Waals surface area contributed by atoms with Gasteiger partial charge in [-0.2, -0.15) is 5.21 Å². The van der Waals surface area contributed by atoms with Crippen molar-refractivity contribution in [1.29, 1.82) is 0 Å². The first-order valence-corrected chi connectivity index (χ1v) is 4.28. The fourth-order valence-electron chi connectivity index (χ4n) is 1.15. The summed E-state index contributed by atoms with van der Waals surface area (Å²) < 4.78 is 4.93. The highest BCUT2D eigenvalue weighted by molar-refractivity contribution is 5.70. The molecule has 1 heterocycles. The first-order chi connectivity index (χ1) is 7.25. The highest BCUT2D eigenvalue weighted by Crippen LogP contribution is 2.19. The SMILES string of the molecule is CC(=O)Oc1cccc(-c2nn[nH]n2)c1. The van der Waals surface area contributed by atoms with Gasteiger partial charge in [0.2, 0.25) is 5.82 Å². The molecule has 2 rings (SSSR count). The number of carbonyl (C=O) groups excluding carboxylic acids is 1. The van der Waals surface area contributed by atoms with Gasteiger partial charge in [-0.15, -0.1) is 10.2 Å². The highest BCUT2D eigenvalue weighted by atomic mass is 16.5. The molecule has 1 N–H and O–H groups in total. The smallest absolute Gasteiger partial charge is 0.308 e. The lowest BCUT2D eigenvalue weighted by atomic mass is 10.2. The molecule has 6 nitrogen and oxygen atoms in total. The van der Waals surface area contributed by atoms with Gasteiger partial charge < -0.3 is 4.74 Å². The number of H-pyrrole nitrogens is 1. The van der Waals surface area contributed by atoms with Crippen molar-refractivity contribution in [2.45, 2.75) is 6.92 Å². The lowest BCUT2D eigenvalue weighted by molar-refractivity contribution is -0.131. The molecule has 0 aliphatic heterocycles. The molecule has 0 bridgehead atoms. The Bertz CT molecular complexity index is 467. The molecule has 1 aromatic carbocycles. The molecule has 76 valence electrons. The number of rotatable bonds is 2. The number of hydrogen-bond acceptors (Lipinski definition) is 5. The van der Waals surface area contributed by atoms with Gasteiger partial charge in [-0.1, -0.05) is 12.1 Å². The Balaban J connectivity index is 2.31. The van der Waals surface area contributed by atoms with Crippen LogP contribution in [0.4, 0.5) is 0 Å². The van der Waals surface area contributed by atoms with Crippen molar-refractivity contribution in [2.75, 3.05) is 0 Å². The molecule has 0 aliphatic rings. The van der Waals surface area contributed by atoms with Crippen molar-refractivity contribution in [2.24, 2.45) is 0 Å². The molecule has 6 heteroatoms. The van der Waals surface area contributed by atoms with Gasteiger partial charge in [0, 0.05) is 12.5 Å². The predicted molar refractivity (Wildman–Crippen MR) is 50.9 cm³/mol. The van der Waals surface area contributed by atoms with Crippen LogP contribution < -0.4 is 4.74 Å². The van der Waals surface area contributed by atoms with Crippen LogP contribution in [0.3, 0.4) is 0 Å². The van der Waals surface area contributed by atoms with E-state index in [0.717, 1.165) is 5.56 Å². The second kappa shape index (κ2) is 3.87. The van der Waals surface area contributed by atoms with Gasteiger partial charge in [-0.3, -0.25) is 4.79 Å². The van der Waals surface area contributed by atoms with Crippen molar-refractivity contribution in [1.82, 2.24) is 20.6 Å². The first-order valence-electron chi connectivity index (χ1n) is 4.28. The van der Waals surface area contributed by atoms with Gasteiger partial charge in [0.25, 0.3) is 0 Å². The van der Waals surface area contributed by atoms with E-state index in [1.807, 2.05) is 0 Å². The van der Waals surface area contributed by atoms with E-state index in [0.29, 0.717) is 11.6 Å². The second-order valence-electron chi connectivity index (χ2n) is 2.86. The Morgan fingerprint density at radius 2 is 2.33 bits per heavy atom. The first kappa shape index (κ1) is 9.32. The van der Waals surface area contributed by atoms with Gasteiger partial charge in [-0.25, -0.2) is 0 Å². The standard InChI is InChI=1S/C9H8N4O2/c1-6(14)15-8-4-2-3-7(5-8)9-10-12-13-11-9/h2-5H,1H3,(H,10,11,12,13). The van der Waals surface area contributed by atoms with Crippen LogP contribution in [0.5, 0.6) is 5.75 Å². The van der Waals surface area contributed by atoms with E-state index in [2.05, 4.69) is 20.6 Å². The van der Waals surface area contributed by atoms with Crippen LogP contribution in [0.15, 0.2) is 24.3 Å². The van der Waals surface area contributed by atoms with Crippen LogP contribution in [-0.4, -0.2) is 26.6 Å². The van der Waals surface area contributed by atoms with Crippen LogP contribution in [-0.2, 0) is 4.79 Å². The Morgan fingerprint density at radius 1 is 1.47 bits per heavy atom. The van der Waals surface area contributed by atoms with Crippen LogP contribution in [0.1, 0.15) is 6.92 Å². The van der Waals surface area contributed by atoms with Crippen LogP contribution in [0, 0.1) is 0 Å². The molecule has 0 aliphatic carbocycles. The number of esters is 1. The third-order valence-corrected chi connectivity index (χ3v) is 1.70. The fraction of sp³-hybridized carbons (Fsp3) is 0.111. The maximum atomic E-state index is 10.7. The zero-order valence-electron chi connectivity index (χ0n) is 7.97. The van der Waals surface area contributed by atoms with Crippen molar-refractivity contribution in [3.05, 3.63) is 24.3 Å². The summed E-state index contributed by atoms with van der Waals surface area (Å²) in [4.78, 5) is 10.7. The molecule has 2 aromatic rings. The fourth-order valence-corrected chi connectivity index (χ4v) is 1.15. The van der Waals surface area contributed by atoms with E-state index in [-0.39, 0.29) is 5.97 Å². The summed E-state index contributed by atoms with van der Waals surface area (Å²) in [6.45, 7) is 1.35. The van der Waals surface area contributed by atoms with Crippen molar-refractivity contribution < 1.29 is 9.53 Å². The number of aromatic amines is 1. The molecule has 0 spiro atoms. The molecule has 0 saturated heterocycles. The van der Waals surface area contributed by atoms with E-state index in [9.17, 15) is 4.79 Å². The Kier molecular flexibility index (Phi) is 2.40. The molecule has 0 unspecified atom stereocenters. The average molecular weight is 204 g/mol. The molecule has 0 radical (unpaired) electrons. The molecule has 1 aromatic heterocycles. The summed E-state index contributed by atoms with van der Waals surface area (Å²) in [5, 5.41) is 13.4. The second-order valence-corrected chi connectivity index (χ2v) is 2.86. The van der Waals surface area contributed by atoms with Gasteiger partial charge in [0.15, 0.2) is 0 Å². The third-order valence-electron chi connectivity index (χ3n) is 1.70. The Hall–Kier alpha value is -2.24. The number of nitrogens with one attached hydrogen (secondary N) is 1. The Morgan fingerprint density at radius 3 is 3.00 bits per heavy atom. The number of ether oxygens (including phenoxy) is 1. The maximum Gasteiger partial charge on any atom is 0.308 e. The third kappa shape index (κ3) is 2.16. The largest absolute Gasteiger partial charge is 0.427 e. The summed E-state index contributed by atoms with van der Waals surface area (Å²) in [6, 6.07) is 6.92. The van der Waals surface area contributed by atoms with Crippen LogP contribution in [0.2, 0.25) is 0 Å². The van der Waals surface area contributed by atoms with E-state index in [4.69, 9.17) is 4.74 Å². The summed E-state index contributed by atoms with van der Waals surface area (Å²) in [5.41, 5.74) is 0.738. The lowest BCUT2D eigenvalue weighted by Crippen LogP contribution is -2.01. The quantitative estimate of drug-likeness (QED) is 0.577. The minimum atomic E-state index is -0.361. The summed E-state index contributed by atoms with van der Waals surface area (Å²) in [7, 11) is 0. The predicted octanol–water partition coefficient (Wildman–Crippen LogP) is 0.792. The zero-order chi connectivity index (χ0) is 10.7. The van der Waals surface area contributed by atoms with Gasteiger partial charge in [0.1, 0.15) is 5.75 Å². The number of carbonyl (C=O) groups is 1. The minimum absolute atomic E-state index is 0.361. The normalized spacial score (nSPS) is 9.93. The van der Waals surface area contributed by atoms with Gasteiger partial charge in [-0.05, 0) is 17.3 Å². The van der Waals surface area contributed by atoms with Crippen molar-refractivity contribution in [3.63, 3.8) is 0 Å².